The van der Waals surface area contributed by atoms with Crippen LogP contribution in [0.1, 0.15) is 48.3 Å². The first-order valence-electron chi connectivity index (χ1n) is 8.86. The summed E-state index contributed by atoms with van der Waals surface area (Å²) in [5, 5.41) is 12.8. The van der Waals surface area contributed by atoms with E-state index in [-0.39, 0.29) is 30.3 Å². The molecule has 2 bridgehead atoms. The number of allylic oxidation sites excluding steroid dienone is 2. The number of carbonyl (C=O) groups is 3. The number of aliphatic carboxylic acids is 1. The van der Waals surface area contributed by atoms with Crippen molar-refractivity contribution >= 4 is 34.2 Å². The third-order valence-corrected chi connectivity index (χ3v) is 6.45. The molecule has 4 atom stereocenters. The zero-order valence-corrected chi connectivity index (χ0v) is 15.8. The standard InChI is InChI=1S/C19H23NO5S/c1-4-25-19(24)12-8-13(9(2)3)26-17(12)20-16(21)14-10-5-6-11(7-10)15(14)18(22)23/h5-6,8-11,14-15H,4,7H2,1-3H3,(H,20,21)(H,22,23)/t10-,11+,14-,15+/m1/s1. The fourth-order valence-electron chi connectivity index (χ4n) is 3.86. The molecule has 0 aromatic carbocycles. The predicted molar refractivity (Wildman–Crippen MR) is 98.3 cm³/mol. The van der Waals surface area contributed by atoms with E-state index in [1.807, 2.05) is 26.0 Å². The molecule has 26 heavy (non-hydrogen) atoms. The van der Waals surface area contributed by atoms with Gasteiger partial charge in [-0.05, 0) is 37.2 Å². The van der Waals surface area contributed by atoms with E-state index in [1.54, 1.807) is 13.0 Å². The van der Waals surface area contributed by atoms with Gasteiger partial charge in [0.15, 0.2) is 0 Å². The molecule has 1 aromatic rings. The number of thiophene rings is 1. The lowest BCUT2D eigenvalue weighted by Gasteiger charge is -2.23. The van der Waals surface area contributed by atoms with Gasteiger partial charge in [0, 0.05) is 4.88 Å². The second-order valence-corrected chi connectivity index (χ2v) is 8.18. The minimum absolute atomic E-state index is 0.0586. The lowest BCUT2D eigenvalue weighted by atomic mass is 9.82. The van der Waals surface area contributed by atoms with Crippen molar-refractivity contribution in [3.05, 3.63) is 28.7 Å². The molecule has 2 aliphatic rings. The fraction of sp³-hybridized carbons (Fsp3) is 0.526. The molecular formula is C19H23NO5S. The van der Waals surface area contributed by atoms with Gasteiger partial charge >= 0.3 is 11.9 Å². The van der Waals surface area contributed by atoms with Crippen molar-refractivity contribution in [2.45, 2.75) is 33.1 Å². The molecule has 1 saturated carbocycles. The highest BCUT2D eigenvalue weighted by atomic mass is 32.1. The Bertz CT molecular complexity index is 766. The maximum atomic E-state index is 12.9. The third kappa shape index (κ3) is 3.28. The third-order valence-electron chi connectivity index (χ3n) is 5.10. The van der Waals surface area contributed by atoms with Gasteiger partial charge in [0.25, 0.3) is 0 Å². The molecule has 0 unspecified atom stereocenters. The van der Waals surface area contributed by atoms with E-state index in [2.05, 4.69) is 5.32 Å². The quantitative estimate of drug-likeness (QED) is 0.585. The van der Waals surface area contributed by atoms with Crippen LogP contribution >= 0.6 is 11.3 Å². The van der Waals surface area contributed by atoms with Gasteiger partial charge in [-0.15, -0.1) is 11.3 Å². The maximum absolute atomic E-state index is 12.9. The van der Waals surface area contributed by atoms with Gasteiger partial charge in [0.2, 0.25) is 5.91 Å². The molecule has 3 rings (SSSR count). The minimum Gasteiger partial charge on any atom is -0.481 e. The number of ether oxygens (including phenoxy) is 1. The first-order chi connectivity index (χ1) is 12.3. The van der Waals surface area contributed by atoms with Crippen molar-refractivity contribution < 1.29 is 24.2 Å². The first kappa shape index (κ1) is 18.6. The molecule has 1 aromatic heterocycles. The van der Waals surface area contributed by atoms with Gasteiger partial charge < -0.3 is 15.2 Å². The molecule has 2 N–H and O–H groups in total. The summed E-state index contributed by atoms with van der Waals surface area (Å²) in [7, 11) is 0. The van der Waals surface area contributed by atoms with Gasteiger partial charge in [0.05, 0.1) is 24.0 Å². The molecule has 0 saturated heterocycles. The monoisotopic (exact) mass is 377 g/mol. The number of hydrogen-bond donors (Lipinski definition) is 2. The van der Waals surface area contributed by atoms with Crippen LogP contribution in [0.2, 0.25) is 0 Å². The molecule has 7 heteroatoms. The summed E-state index contributed by atoms with van der Waals surface area (Å²) in [5.41, 5.74) is 0.333. The van der Waals surface area contributed by atoms with E-state index in [0.717, 1.165) is 4.88 Å². The molecule has 140 valence electrons. The lowest BCUT2D eigenvalue weighted by Crippen LogP contribution is -2.36. The largest absolute Gasteiger partial charge is 0.481 e. The van der Waals surface area contributed by atoms with Crippen LogP contribution in [0.5, 0.6) is 0 Å². The summed E-state index contributed by atoms with van der Waals surface area (Å²) in [6, 6.07) is 1.75. The van der Waals surface area contributed by atoms with Crippen LogP contribution in [0.3, 0.4) is 0 Å². The summed E-state index contributed by atoms with van der Waals surface area (Å²) < 4.78 is 5.09. The van der Waals surface area contributed by atoms with E-state index in [0.29, 0.717) is 17.0 Å². The van der Waals surface area contributed by atoms with Gasteiger partial charge in [-0.2, -0.15) is 0 Å². The lowest BCUT2D eigenvalue weighted by molar-refractivity contribution is -0.146. The Hall–Kier alpha value is -2.15. The molecule has 1 fully saturated rings. The number of anilines is 1. The number of carbonyl (C=O) groups excluding carboxylic acids is 2. The number of carboxylic acids is 1. The minimum atomic E-state index is -0.943. The second-order valence-electron chi connectivity index (χ2n) is 7.09. The number of carboxylic acid groups (broad SMARTS) is 1. The van der Waals surface area contributed by atoms with Gasteiger partial charge in [-0.1, -0.05) is 26.0 Å². The highest BCUT2D eigenvalue weighted by molar-refractivity contribution is 7.16. The number of hydrogen-bond acceptors (Lipinski definition) is 5. The van der Waals surface area contributed by atoms with Crippen LogP contribution in [-0.2, 0) is 14.3 Å². The summed E-state index contributed by atoms with van der Waals surface area (Å²) in [5.74, 6) is -3.02. The average molecular weight is 377 g/mol. The fourth-order valence-corrected chi connectivity index (χ4v) is 4.91. The molecule has 1 amide bonds. The number of rotatable bonds is 6. The molecule has 0 spiro atoms. The van der Waals surface area contributed by atoms with Crippen LogP contribution in [-0.4, -0.2) is 29.6 Å². The van der Waals surface area contributed by atoms with Crippen molar-refractivity contribution in [2.75, 3.05) is 11.9 Å². The zero-order valence-electron chi connectivity index (χ0n) is 15.0. The number of fused-ring (bicyclic) bond motifs is 2. The highest BCUT2D eigenvalue weighted by Gasteiger charge is 2.51. The van der Waals surface area contributed by atoms with Gasteiger partial charge in [0.1, 0.15) is 5.00 Å². The van der Waals surface area contributed by atoms with Gasteiger partial charge in [-0.3, -0.25) is 9.59 Å². The van der Waals surface area contributed by atoms with Crippen molar-refractivity contribution in [1.82, 2.24) is 0 Å². The molecule has 2 aliphatic carbocycles. The van der Waals surface area contributed by atoms with Crippen molar-refractivity contribution in [3.63, 3.8) is 0 Å². The van der Waals surface area contributed by atoms with E-state index in [1.165, 1.54) is 11.3 Å². The second kappa shape index (κ2) is 7.23. The van der Waals surface area contributed by atoms with Crippen LogP contribution in [0, 0.1) is 23.7 Å². The Morgan fingerprint density at radius 3 is 2.50 bits per heavy atom. The Morgan fingerprint density at radius 2 is 1.92 bits per heavy atom. The summed E-state index contributed by atoms with van der Waals surface area (Å²) in [6.45, 7) is 5.99. The number of amides is 1. The van der Waals surface area contributed by atoms with E-state index in [9.17, 15) is 19.5 Å². The predicted octanol–water partition coefficient (Wildman–Crippen LogP) is 3.51. The summed E-state index contributed by atoms with van der Waals surface area (Å²) >= 11 is 1.34. The first-order valence-corrected chi connectivity index (χ1v) is 9.68. The van der Waals surface area contributed by atoms with Crippen molar-refractivity contribution in [2.24, 2.45) is 23.7 Å². The smallest absolute Gasteiger partial charge is 0.341 e. The van der Waals surface area contributed by atoms with Crippen LogP contribution in [0.25, 0.3) is 0 Å². The number of esters is 1. The average Bonchev–Trinajstić information content (AvgIpc) is 3.28. The maximum Gasteiger partial charge on any atom is 0.341 e. The van der Waals surface area contributed by atoms with E-state index >= 15 is 0 Å². The SMILES string of the molecule is CCOC(=O)c1cc(C(C)C)sc1NC(=O)[C@H]1[C@@H](C(=O)O)[C@H]2C=C[C@@H]1C2. The van der Waals surface area contributed by atoms with Crippen molar-refractivity contribution in [3.8, 4) is 0 Å². The Morgan fingerprint density at radius 1 is 1.27 bits per heavy atom. The van der Waals surface area contributed by atoms with Crippen LogP contribution < -0.4 is 5.32 Å². The zero-order chi connectivity index (χ0) is 19.0. The van der Waals surface area contributed by atoms with E-state index in [4.69, 9.17) is 4.74 Å². The van der Waals surface area contributed by atoms with E-state index < -0.39 is 23.8 Å². The van der Waals surface area contributed by atoms with Gasteiger partial charge in [-0.25, -0.2) is 4.79 Å². The number of nitrogens with one attached hydrogen (secondary N) is 1. The Kier molecular flexibility index (Phi) is 5.18. The van der Waals surface area contributed by atoms with Crippen molar-refractivity contribution in [1.29, 1.82) is 0 Å². The molecule has 0 radical (unpaired) electrons. The Labute approximate surface area is 156 Å². The Balaban J connectivity index is 1.86. The molecule has 1 heterocycles. The summed E-state index contributed by atoms with van der Waals surface area (Å²) in [6.07, 6.45) is 4.54. The molecular weight excluding hydrogens is 354 g/mol. The van der Waals surface area contributed by atoms with Crippen LogP contribution in [0.4, 0.5) is 5.00 Å². The topological polar surface area (TPSA) is 92.7 Å². The summed E-state index contributed by atoms with van der Waals surface area (Å²) in [4.78, 5) is 37.7. The molecule has 0 aliphatic heterocycles. The highest BCUT2D eigenvalue weighted by Crippen LogP contribution is 2.48. The normalized spacial score (nSPS) is 26.3. The van der Waals surface area contributed by atoms with Crippen LogP contribution in [0.15, 0.2) is 18.2 Å². The molecule has 6 nitrogen and oxygen atoms in total.